The van der Waals surface area contributed by atoms with Crippen LogP contribution in [0.2, 0.25) is 20.9 Å². The summed E-state index contributed by atoms with van der Waals surface area (Å²) in [5.74, 6) is 0.0848. The zero-order valence-corrected chi connectivity index (χ0v) is 19.6. The number of aromatic nitrogens is 4. The summed E-state index contributed by atoms with van der Waals surface area (Å²) in [4.78, 5) is 17.2. The van der Waals surface area contributed by atoms with E-state index in [4.69, 9.17) is 46.4 Å². The first-order valence-electron chi connectivity index (χ1n) is 10.0. The number of nitrogens with zero attached hydrogens (tertiary/aromatic N) is 4. The van der Waals surface area contributed by atoms with Crippen LogP contribution in [0, 0.1) is 0 Å². The predicted molar refractivity (Wildman–Crippen MR) is 128 cm³/mol. The number of halogens is 4. The van der Waals surface area contributed by atoms with E-state index in [1.807, 2.05) is 36.4 Å². The molecule has 0 spiro atoms. The normalized spacial score (nSPS) is 22.4. The lowest BCUT2D eigenvalue weighted by Crippen LogP contribution is -2.41. The van der Waals surface area contributed by atoms with Crippen molar-refractivity contribution < 1.29 is 0 Å². The van der Waals surface area contributed by atoms with Crippen LogP contribution in [0.1, 0.15) is 46.2 Å². The average molecular weight is 502 g/mol. The Labute approximate surface area is 205 Å². The summed E-state index contributed by atoms with van der Waals surface area (Å²) >= 11 is 24.9. The lowest BCUT2D eigenvalue weighted by molar-refractivity contribution is 0.220. The van der Waals surface area contributed by atoms with Crippen molar-refractivity contribution in [2.24, 2.45) is 0 Å². The topological polar surface area (TPSA) is 51.6 Å². The molecule has 0 radical (unpaired) electrons. The van der Waals surface area contributed by atoms with Gasteiger partial charge < -0.3 is 0 Å². The number of rotatable bonds is 4. The summed E-state index contributed by atoms with van der Waals surface area (Å²) in [6.07, 6.45) is 0. The van der Waals surface area contributed by atoms with Crippen LogP contribution in [0.15, 0.2) is 72.8 Å². The zero-order chi connectivity index (χ0) is 22.2. The van der Waals surface area contributed by atoms with Crippen molar-refractivity contribution in [1.82, 2.24) is 19.9 Å². The lowest BCUT2D eigenvalue weighted by Gasteiger charge is -2.52. The van der Waals surface area contributed by atoms with Gasteiger partial charge >= 0.3 is 0 Å². The molecule has 1 saturated carbocycles. The summed E-state index contributed by atoms with van der Waals surface area (Å²) in [6.45, 7) is 0. The van der Waals surface area contributed by atoms with Crippen LogP contribution in [0.5, 0.6) is 0 Å². The van der Waals surface area contributed by atoms with Crippen molar-refractivity contribution in [2.75, 3.05) is 0 Å². The summed E-state index contributed by atoms with van der Waals surface area (Å²) in [5, 5.41) is 0.885. The van der Waals surface area contributed by atoms with E-state index >= 15 is 0 Å². The molecule has 0 bridgehead atoms. The maximum atomic E-state index is 6.27. The summed E-state index contributed by atoms with van der Waals surface area (Å²) in [7, 11) is 0. The third-order valence-corrected chi connectivity index (χ3v) is 6.70. The Balaban J connectivity index is 1.72. The van der Waals surface area contributed by atoms with Crippen LogP contribution in [0.25, 0.3) is 0 Å². The average Bonchev–Trinajstić information content (AvgIpc) is 2.73. The molecule has 0 N–H and O–H groups in total. The number of hydrogen-bond acceptors (Lipinski definition) is 4. The first kappa shape index (κ1) is 21.6. The quantitative estimate of drug-likeness (QED) is 0.217. The minimum atomic E-state index is -0.00434. The number of hydrogen-bond donors (Lipinski definition) is 0. The fourth-order valence-electron chi connectivity index (χ4n) is 4.82. The van der Waals surface area contributed by atoms with E-state index in [9.17, 15) is 0 Å². The largest absolute Gasteiger partial charge is 0.224 e. The third kappa shape index (κ3) is 4.08. The molecule has 2 heterocycles. The van der Waals surface area contributed by atoms with Crippen molar-refractivity contribution >= 4 is 46.4 Å². The van der Waals surface area contributed by atoms with E-state index in [2.05, 4.69) is 44.2 Å². The molecule has 1 fully saturated rings. The minimum absolute atomic E-state index is 0.00434. The van der Waals surface area contributed by atoms with Crippen molar-refractivity contribution in [2.45, 2.75) is 23.7 Å². The molecule has 0 unspecified atom stereocenters. The molecule has 1 aliphatic rings. The Kier molecular flexibility index (Phi) is 6.04. The van der Waals surface area contributed by atoms with Gasteiger partial charge in [0.1, 0.15) is 10.3 Å². The molecule has 2 aromatic heterocycles. The Hall–Kier alpha value is -2.24. The molecular formula is C24H16Cl4N4. The zero-order valence-electron chi connectivity index (χ0n) is 16.5. The lowest BCUT2D eigenvalue weighted by atomic mass is 9.50. The fraction of sp³-hybridized carbons (Fsp3) is 0.167. The fourth-order valence-corrected chi connectivity index (χ4v) is 5.67. The summed E-state index contributed by atoms with van der Waals surface area (Å²) in [6, 6.07) is 24.1. The molecule has 0 atom stereocenters. The van der Waals surface area contributed by atoms with Gasteiger partial charge in [-0.05, 0) is 46.5 Å². The van der Waals surface area contributed by atoms with Gasteiger partial charge in [-0.15, -0.1) is 0 Å². The van der Waals surface area contributed by atoms with Gasteiger partial charge in [-0.2, -0.15) is 0 Å². The standard InChI is InChI=1S/C24H16Cl4N4/c25-17-11-15(29-23(27)31-17)21-19(13-7-3-1-4-8-13)22(16-12-18(26)32-24(28)30-16)20(21)14-9-5-2-6-10-14/h1-12,19-22H/t19-,20-,21-,22-. The second-order valence-corrected chi connectivity index (χ2v) is 9.14. The molecular weight excluding hydrogens is 486 g/mol. The molecule has 160 valence electrons. The molecule has 0 aliphatic heterocycles. The highest BCUT2D eigenvalue weighted by molar-refractivity contribution is 6.32. The maximum absolute atomic E-state index is 6.27. The smallest absolute Gasteiger partial charge is 0.223 e. The van der Waals surface area contributed by atoms with E-state index in [0.29, 0.717) is 10.3 Å². The molecule has 32 heavy (non-hydrogen) atoms. The second-order valence-electron chi connectivity index (χ2n) is 7.69. The van der Waals surface area contributed by atoms with Gasteiger partial charge in [0.05, 0.1) is 11.4 Å². The first-order chi connectivity index (χ1) is 15.5. The van der Waals surface area contributed by atoms with Gasteiger partial charge in [0, 0.05) is 23.7 Å². The van der Waals surface area contributed by atoms with Crippen molar-refractivity contribution in [3.05, 3.63) is 116 Å². The van der Waals surface area contributed by atoms with E-state index < -0.39 is 0 Å². The Bertz CT molecular complexity index is 1110. The highest BCUT2D eigenvalue weighted by atomic mass is 35.5. The molecule has 4 aromatic rings. The van der Waals surface area contributed by atoms with Gasteiger partial charge in [-0.3, -0.25) is 0 Å². The van der Waals surface area contributed by atoms with Crippen LogP contribution in [0.4, 0.5) is 0 Å². The van der Waals surface area contributed by atoms with Crippen LogP contribution < -0.4 is 0 Å². The van der Waals surface area contributed by atoms with Gasteiger partial charge in [-0.1, -0.05) is 83.9 Å². The summed E-state index contributed by atoms with van der Waals surface area (Å²) in [5.41, 5.74) is 3.90. The van der Waals surface area contributed by atoms with Crippen LogP contribution in [-0.2, 0) is 0 Å². The molecule has 4 nitrogen and oxygen atoms in total. The molecule has 0 saturated heterocycles. The minimum Gasteiger partial charge on any atom is -0.223 e. The summed E-state index contributed by atoms with van der Waals surface area (Å²) < 4.78 is 0. The van der Waals surface area contributed by atoms with Gasteiger partial charge in [0.2, 0.25) is 10.6 Å². The third-order valence-electron chi connectivity index (χ3n) is 5.97. The molecule has 5 rings (SSSR count). The van der Waals surface area contributed by atoms with Crippen molar-refractivity contribution in [3.8, 4) is 0 Å². The Morgan fingerprint density at radius 3 is 1.19 bits per heavy atom. The van der Waals surface area contributed by atoms with Crippen LogP contribution in [-0.4, -0.2) is 19.9 Å². The number of benzene rings is 2. The predicted octanol–water partition coefficient (Wildman–Crippen LogP) is 7.33. The SMILES string of the molecule is Clc1cc([C@H]2[C@H](c3ccccc3)[C@H](c3cc(Cl)nc(Cl)n3)[C@H]2c2ccccc2)nc(Cl)n1. The maximum Gasteiger partial charge on any atom is 0.224 e. The monoisotopic (exact) mass is 500 g/mol. The molecule has 0 amide bonds. The Morgan fingerprint density at radius 2 is 0.844 bits per heavy atom. The van der Waals surface area contributed by atoms with E-state index in [-0.39, 0.29) is 34.2 Å². The highest BCUT2D eigenvalue weighted by Crippen LogP contribution is 2.66. The van der Waals surface area contributed by atoms with Gasteiger partial charge in [-0.25, -0.2) is 19.9 Å². The first-order valence-corrected chi connectivity index (χ1v) is 11.5. The second kappa shape index (κ2) is 8.95. The van der Waals surface area contributed by atoms with E-state index in [0.717, 1.165) is 22.5 Å². The Morgan fingerprint density at radius 1 is 0.469 bits per heavy atom. The van der Waals surface area contributed by atoms with E-state index in [1.54, 1.807) is 12.1 Å². The molecule has 1 aliphatic carbocycles. The van der Waals surface area contributed by atoms with Crippen molar-refractivity contribution in [1.29, 1.82) is 0 Å². The van der Waals surface area contributed by atoms with Gasteiger partial charge in [0.25, 0.3) is 0 Å². The molecule has 8 heteroatoms. The van der Waals surface area contributed by atoms with E-state index in [1.165, 1.54) is 0 Å². The molecule has 2 aromatic carbocycles. The van der Waals surface area contributed by atoms with Crippen LogP contribution in [0.3, 0.4) is 0 Å². The van der Waals surface area contributed by atoms with Crippen LogP contribution >= 0.6 is 46.4 Å². The van der Waals surface area contributed by atoms with Crippen molar-refractivity contribution in [3.63, 3.8) is 0 Å². The van der Waals surface area contributed by atoms with Gasteiger partial charge in [0.15, 0.2) is 0 Å². The highest BCUT2D eigenvalue weighted by Gasteiger charge is 2.54.